The van der Waals surface area contributed by atoms with E-state index in [2.05, 4.69) is 29.6 Å². The maximum Gasteiger partial charge on any atom is 0.407 e. The Balaban J connectivity index is 1.41. The maximum absolute atomic E-state index is 12.7. The van der Waals surface area contributed by atoms with Gasteiger partial charge in [0.15, 0.2) is 0 Å². The Kier molecular flexibility index (Phi) is 6.12. The number of carbonyl (C=O) groups excluding carboxylic acids is 3. The van der Waals surface area contributed by atoms with Crippen LogP contribution in [0.15, 0.2) is 48.5 Å². The van der Waals surface area contributed by atoms with E-state index in [4.69, 9.17) is 4.74 Å². The number of rotatable bonds is 6. The van der Waals surface area contributed by atoms with Gasteiger partial charge in [-0.15, -0.1) is 0 Å². The summed E-state index contributed by atoms with van der Waals surface area (Å²) in [6.45, 7) is 1.51. The SMILES string of the molecule is O=CC[C@H](NC(=O)OCC1c2ccccc2-c2ccccc21)C(=O)N1CCCCC1. The van der Waals surface area contributed by atoms with Crippen molar-refractivity contribution in [2.45, 2.75) is 37.6 Å². The van der Waals surface area contributed by atoms with E-state index in [1.165, 1.54) is 0 Å². The first-order valence-corrected chi connectivity index (χ1v) is 10.5. The fraction of sp³-hybridized carbons (Fsp3) is 0.375. The molecule has 1 fully saturated rings. The van der Waals surface area contributed by atoms with Gasteiger partial charge in [-0.3, -0.25) is 4.79 Å². The van der Waals surface area contributed by atoms with Gasteiger partial charge in [0.1, 0.15) is 18.9 Å². The first kappa shape index (κ1) is 20.1. The van der Waals surface area contributed by atoms with E-state index < -0.39 is 12.1 Å². The predicted octanol–water partition coefficient (Wildman–Crippen LogP) is 3.50. The topological polar surface area (TPSA) is 75.7 Å². The van der Waals surface area contributed by atoms with E-state index in [1.807, 2.05) is 24.3 Å². The number of nitrogens with zero attached hydrogens (tertiary/aromatic N) is 1. The Labute approximate surface area is 176 Å². The molecule has 0 radical (unpaired) electrons. The molecular weight excluding hydrogens is 380 g/mol. The first-order valence-electron chi connectivity index (χ1n) is 10.5. The van der Waals surface area contributed by atoms with Crippen LogP contribution in [0.4, 0.5) is 4.79 Å². The predicted molar refractivity (Wildman–Crippen MR) is 113 cm³/mol. The molecule has 1 atom stereocenters. The highest BCUT2D eigenvalue weighted by atomic mass is 16.5. The summed E-state index contributed by atoms with van der Waals surface area (Å²) < 4.78 is 5.52. The van der Waals surface area contributed by atoms with Gasteiger partial charge in [0.05, 0.1) is 0 Å². The molecule has 1 N–H and O–H groups in total. The van der Waals surface area contributed by atoms with Gasteiger partial charge in [0, 0.05) is 25.4 Å². The van der Waals surface area contributed by atoms with Crippen LogP contribution in [-0.2, 0) is 14.3 Å². The summed E-state index contributed by atoms with van der Waals surface area (Å²) in [5.41, 5.74) is 4.56. The standard InChI is InChI=1S/C24H26N2O4/c27-15-12-22(23(28)26-13-6-1-7-14-26)25-24(29)30-16-21-19-10-4-2-8-17(19)18-9-3-5-11-20(18)21/h2-5,8-11,15,21-22H,1,6-7,12-14,16H2,(H,25,29)/t22-/m0/s1. The van der Waals surface area contributed by atoms with Crippen LogP contribution in [0.25, 0.3) is 11.1 Å². The third kappa shape index (κ3) is 4.08. The molecule has 1 aliphatic heterocycles. The lowest BCUT2D eigenvalue weighted by molar-refractivity contribution is -0.135. The normalized spacial score (nSPS) is 16.3. The van der Waals surface area contributed by atoms with Crippen LogP contribution in [0, 0.1) is 0 Å². The fourth-order valence-corrected chi connectivity index (χ4v) is 4.43. The van der Waals surface area contributed by atoms with Crippen molar-refractivity contribution in [1.82, 2.24) is 10.2 Å². The molecule has 156 valence electrons. The molecule has 2 aromatic carbocycles. The highest BCUT2D eigenvalue weighted by molar-refractivity contribution is 5.88. The van der Waals surface area contributed by atoms with Gasteiger partial charge >= 0.3 is 6.09 Å². The zero-order chi connectivity index (χ0) is 20.9. The molecule has 0 saturated carbocycles. The van der Waals surface area contributed by atoms with Crippen molar-refractivity contribution in [3.63, 3.8) is 0 Å². The molecule has 1 saturated heterocycles. The highest BCUT2D eigenvalue weighted by Gasteiger charge is 2.30. The van der Waals surface area contributed by atoms with Gasteiger partial charge in [0.2, 0.25) is 5.91 Å². The number of benzene rings is 2. The van der Waals surface area contributed by atoms with E-state index in [9.17, 15) is 14.4 Å². The van der Waals surface area contributed by atoms with E-state index in [1.54, 1.807) is 4.90 Å². The second-order valence-corrected chi connectivity index (χ2v) is 7.81. The summed E-state index contributed by atoms with van der Waals surface area (Å²) in [5, 5.41) is 2.60. The number of hydrogen-bond donors (Lipinski definition) is 1. The minimum atomic E-state index is -0.878. The van der Waals surface area contributed by atoms with Crippen molar-refractivity contribution in [2.24, 2.45) is 0 Å². The number of alkyl carbamates (subject to hydrolysis) is 1. The zero-order valence-corrected chi connectivity index (χ0v) is 16.9. The minimum absolute atomic E-state index is 0.0505. The highest BCUT2D eigenvalue weighted by Crippen LogP contribution is 2.44. The smallest absolute Gasteiger partial charge is 0.407 e. The largest absolute Gasteiger partial charge is 0.449 e. The number of amides is 2. The van der Waals surface area contributed by atoms with Gasteiger partial charge in [-0.2, -0.15) is 0 Å². The van der Waals surface area contributed by atoms with Gasteiger partial charge < -0.3 is 19.7 Å². The lowest BCUT2D eigenvalue weighted by Crippen LogP contribution is -2.50. The molecule has 0 aromatic heterocycles. The fourth-order valence-electron chi connectivity index (χ4n) is 4.43. The zero-order valence-electron chi connectivity index (χ0n) is 16.9. The molecule has 2 aliphatic rings. The van der Waals surface area contributed by atoms with Gasteiger partial charge in [-0.05, 0) is 41.5 Å². The second kappa shape index (κ2) is 9.11. The van der Waals surface area contributed by atoms with Crippen molar-refractivity contribution in [1.29, 1.82) is 0 Å². The summed E-state index contributed by atoms with van der Waals surface area (Å²) in [5.74, 6) is -0.263. The van der Waals surface area contributed by atoms with Crippen molar-refractivity contribution in [3.8, 4) is 11.1 Å². The Bertz CT molecular complexity index is 891. The molecule has 2 amide bonds. The number of nitrogens with one attached hydrogen (secondary N) is 1. The summed E-state index contributed by atoms with van der Waals surface area (Å²) in [4.78, 5) is 38.0. The average Bonchev–Trinajstić information content (AvgIpc) is 3.11. The number of fused-ring (bicyclic) bond motifs is 3. The van der Waals surface area contributed by atoms with Crippen LogP contribution in [0.3, 0.4) is 0 Å². The quantitative estimate of drug-likeness (QED) is 0.745. The Morgan fingerprint density at radius 3 is 2.20 bits per heavy atom. The van der Waals surface area contributed by atoms with Crippen LogP contribution in [0.2, 0.25) is 0 Å². The molecule has 30 heavy (non-hydrogen) atoms. The minimum Gasteiger partial charge on any atom is -0.449 e. The molecule has 6 nitrogen and oxygen atoms in total. The first-order chi connectivity index (χ1) is 14.7. The van der Waals surface area contributed by atoms with Gasteiger partial charge in [-0.25, -0.2) is 4.79 Å². The molecule has 2 aromatic rings. The Morgan fingerprint density at radius 1 is 1.00 bits per heavy atom. The Morgan fingerprint density at radius 2 is 1.60 bits per heavy atom. The van der Waals surface area contributed by atoms with E-state index in [0.29, 0.717) is 19.4 Å². The molecule has 0 unspecified atom stereocenters. The van der Waals surface area contributed by atoms with Crippen LogP contribution in [0.5, 0.6) is 0 Å². The number of likely N-dealkylation sites (tertiary alicyclic amines) is 1. The van der Waals surface area contributed by atoms with E-state index >= 15 is 0 Å². The molecule has 6 heteroatoms. The number of ether oxygens (including phenoxy) is 1. The number of carbonyl (C=O) groups is 3. The summed E-state index contributed by atoms with van der Waals surface area (Å²) in [6, 6.07) is 15.3. The third-order valence-corrected chi connectivity index (χ3v) is 5.93. The van der Waals surface area contributed by atoms with Gasteiger partial charge in [-0.1, -0.05) is 48.5 Å². The number of hydrogen-bond acceptors (Lipinski definition) is 4. The lowest BCUT2D eigenvalue weighted by Gasteiger charge is -2.30. The number of piperidine rings is 1. The maximum atomic E-state index is 12.7. The van der Waals surface area contributed by atoms with Crippen molar-refractivity contribution in [2.75, 3.05) is 19.7 Å². The van der Waals surface area contributed by atoms with Crippen molar-refractivity contribution >= 4 is 18.3 Å². The Hall–Kier alpha value is -3.15. The molecule has 1 heterocycles. The third-order valence-electron chi connectivity index (χ3n) is 5.93. The molecule has 4 rings (SSSR count). The van der Waals surface area contributed by atoms with Crippen LogP contribution >= 0.6 is 0 Å². The van der Waals surface area contributed by atoms with Crippen LogP contribution in [0.1, 0.15) is 42.7 Å². The molecule has 0 bridgehead atoms. The van der Waals surface area contributed by atoms with E-state index in [-0.39, 0.29) is 24.9 Å². The lowest BCUT2D eigenvalue weighted by atomic mass is 9.98. The van der Waals surface area contributed by atoms with Crippen molar-refractivity contribution in [3.05, 3.63) is 59.7 Å². The van der Waals surface area contributed by atoms with Gasteiger partial charge in [0.25, 0.3) is 0 Å². The molecular formula is C24H26N2O4. The summed E-state index contributed by atoms with van der Waals surface area (Å²) in [6.07, 6.45) is 2.93. The molecule has 1 aliphatic carbocycles. The van der Waals surface area contributed by atoms with E-state index in [0.717, 1.165) is 41.5 Å². The average molecular weight is 406 g/mol. The number of aldehydes is 1. The summed E-state index contributed by atoms with van der Waals surface area (Å²) in [7, 11) is 0. The van der Waals surface area contributed by atoms with Crippen molar-refractivity contribution < 1.29 is 19.1 Å². The molecule has 0 spiro atoms. The monoisotopic (exact) mass is 406 g/mol. The second-order valence-electron chi connectivity index (χ2n) is 7.81. The summed E-state index contributed by atoms with van der Waals surface area (Å²) >= 11 is 0. The van der Waals surface area contributed by atoms with Crippen LogP contribution < -0.4 is 5.32 Å². The van der Waals surface area contributed by atoms with Crippen LogP contribution in [-0.4, -0.2) is 48.9 Å².